The molecule has 0 aliphatic carbocycles. The maximum Gasteiger partial charge on any atom is 0.177 e. The molecule has 5 nitrogen and oxygen atoms in total. The predicted octanol–water partition coefficient (Wildman–Crippen LogP) is 0.256. The van der Waals surface area contributed by atoms with E-state index in [-0.39, 0.29) is 6.61 Å². The van der Waals surface area contributed by atoms with Crippen LogP contribution in [0.1, 0.15) is 11.4 Å². The molecule has 0 amide bonds. The molecule has 0 radical (unpaired) electrons. The summed E-state index contributed by atoms with van der Waals surface area (Å²) >= 11 is 0. The second-order valence-electron chi connectivity index (χ2n) is 3.20. The zero-order valence-corrected chi connectivity index (χ0v) is 8.24. The number of hydrogen-bond acceptors (Lipinski definition) is 4. The standard InChI is InChI=1S/C10H12N4O/c15-7-6-10-11-13-14(12-10)8-9-4-2-1-3-5-9/h1-5,15H,6-8H2. The number of aliphatic hydroxyl groups excluding tert-OH is 1. The molecule has 5 heteroatoms. The average Bonchev–Trinajstić information content (AvgIpc) is 2.68. The van der Waals surface area contributed by atoms with Crippen LogP contribution in [0, 0.1) is 0 Å². The first kappa shape index (κ1) is 9.79. The Hall–Kier alpha value is -1.75. The van der Waals surface area contributed by atoms with Crippen molar-refractivity contribution in [2.45, 2.75) is 13.0 Å². The van der Waals surface area contributed by atoms with Crippen molar-refractivity contribution < 1.29 is 5.11 Å². The van der Waals surface area contributed by atoms with E-state index < -0.39 is 0 Å². The van der Waals surface area contributed by atoms with Gasteiger partial charge in [-0.2, -0.15) is 4.80 Å². The van der Waals surface area contributed by atoms with Crippen molar-refractivity contribution in [3.63, 3.8) is 0 Å². The third-order valence-electron chi connectivity index (χ3n) is 2.00. The minimum Gasteiger partial charge on any atom is -0.396 e. The van der Waals surface area contributed by atoms with Crippen molar-refractivity contribution in [2.24, 2.45) is 0 Å². The van der Waals surface area contributed by atoms with Crippen LogP contribution >= 0.6 is 0 Å². The highest BCUT2D eigenvalue weighted by atomic mass is 16.3. The zero-order valence-electron chi connectivity index (χ0n) is 8.24. The van der Waals surface area contributed by atoms with Gasteiger partial charge in [0.2, 0.25) is 0 Å². The van der Waals surface area contributed by atoms with E-state index in [4.69, 9.17) is 5.11 Å². The molecule has 0 fully saturated rings. The minimum absolute atomic E-state index is 0.0526. The molecular formula is C10H12N4O. The van der Waals surface area contributed by atoms with Gasteiger partial charge in [0.05, 0.1) is 13.2 Å². The Morgan fingerprint density at radius 3 is 2.73 bits per heavy atom. The summed E-state index contributed by atoms with van der Waals surface area (Å²) in [5.74, 6) is 0.577. The number of nitrogens with zero attached hydrogens (tertiary/aromatic N) is 4. The number of rotatable bonds is 4. The van der Waals surface area contributed by atoms with Crippen LogP contribution in [0.5, 0.6) is 0 Å². The Balaban J connectivity index is 2.05. The smallest absolute Gasteiger partial charge is 0.177 e. The lowest BCUT2D eigenvalue weighted by atomic mass is 10.2. The van der Waals surface area contributed by atoms with Crippen LogP contribution in [0.2, 0.25) is 0 Å². The Labute approximate surface area is 87.4 Å². The normalized spacial score (nSPS) is 10.5. The van der Waals surface area contributed by atoms with E-state index in [1.54, 1.807) is 0 Å². The number of aliphatic hydroxyl groups is 1. The minimum atomic E-state index is 0.0526. The van der Waals surface area contributed by atoms with Crippen molar-refractivity contribution in [1.82, 2.24) is 20.2 Å². The highest BCUT2D eigenvalue weighted by Crippen LogP contribution is 1.99. The van der Waals surface area contributed by atoms with Gasteiger partial charge < -0.3 is 5.11 Å². The zero-order chi connectivity index (χ0) is 10.5. The van der Waals surface area contributed by atoms with E-state index in [9.17, 15) is 0 Å². The molecule has 2 aromatic rings. The Bertz CT molecular complexity index is 412. The quantitative estimate of drug-likeness (QED) is 0.775. The summed E-state index contributed by atoms with van der Waals surface area (Å²) in [5.41, 5.74) is 1.13. The molecule has 0 unspecified atom stereocenters. The first-order valence-electron chi connectivity index (χ1n) is 4.80. The van der Waals surface area contributed by atoms with Crippen molar-refractivity contribution in [2.75, 3.05) is 6.61 Å². The van der Waals surface area contributed by atoms with E-state index in [0.29, 0.717) is 18.8 Å². The van der Waals surface area contributed by atoms with Gasteiger partial charge in [-0.25, -0.2) is 0 Å². The molecule has 0 aliphatic rings. The first-order chi connectivity index (χ1) is 7.38. The molecule has 1 aromatic heterocycles. The van der Waals surface area contributed by atoms with E-state index in [2.05, 4.69) is 15.4 Å². The summed E-state index contributed by atoms with van der Waals surface area (Å²) in [6.45, 7) is 0.663. The molecule has 1 aromatic carbocycles. The predicted molar refractivity (Wildman–Crippen MR) is 54.2 cm³/mol. The van der Waals surface area contributed by atoms with Gasteiger partial charge in [-0.3, -0.25) is 0 Å². The fourth-order valence-corrected chi connectivity index (χ4v) is 1.29. The van der Waals surface area contributed by atoms with Gasteiger partial charge in [-0.15, -0.1) is 10.2 Å². The molecule has 0 spiro atoms. The lowest BCUT2D eigenvalue weighted by Crippen LogP contribution is -2.04. The molecule has 0 bridgehead atoms. The Morgan fingerprint density at radius 2 is 2.00 bits per heavy atom. The van der Waals surface area contributed by atoms with Crippen LogP contribution in [-0.4, -0.2) is 31.9 Å². The summed E-state index contributed by atoms with van der Waals surface area (Å²) in [4.78, 5) is 1.53. The fourth-order valence-electron chi connectivity index (χ4n) is 1.29. The second kappa shape index (κ2) is 4.65. The SMILES string of the molecule is OCCc1nnn(Cc2ccccc2)n1. The van der Waals surface area contributed by atoms with Crippen molar-refractivity contribution in [1.29, 1.82) is 0 Å². The third-order valence-corrected chi connectivity index (χ3v) is 2.00. The molecule has 0 atom stereocenters. The molecule has 0 saturated carbocycles. The van der Waals surface area contributed by atoms with Gasteiger partial charge in [-0.05, 0) is 10.8 Å². The molecular weight excluding hydrogens is 192 g/mol. The Kier molecular flexibility index (Phi) is 3.04. The lowest BCUT2D eigenvalue weighted by molar-refractivity contribution is 0.296. The van der Waals surface area contributed by atoms with Gasteiger partial charge in [0.1, 0.15) is 0 Å². The van der Waals surface area contributed by atoms with Gasteiger partial charge in [-0.1, -0.05) is 30.3 Å². The monoisotopic (exact) mass is 204 g/mol. The van der Waals surface area contributed by atoms with Crippen LogP contribution in [0.15, 0.2) is 30.3 Å². The van der Waals surface area contributed by atoms with Crippen LogP contribution in [0.25, 0.3) is 0 Å². The van der Waals surface area contributed by atoms with E-state index >= 15 is 0 Å². The van der Waals surface area contributed by atoms with Crippen molar-refractivity contribution in [3.05, 3.63) is 41.7 Å². The maximum atomic E-state index is 8.70. The van der Waals surface area contributed by atoms with Crippen molar-refractivity contribution in [3.8, 4) is 0 Å². The average molecular weight is 204 g/mol. The molecule has 2 rings (SSSR count). The van der Waals surface area contributed by atoms with Gasteiger partial charge >= 0.3 is 0 Å². The number of tetrazole rings is 1. The summed E-state index contributed by atoms with van der Waals surface area (Å²) in [5, 5.41) is 20.5. The summed E-state index contributed by atoms with van der Waals surface area (Å²) in [7, 11) is 0. The number of benzene rings is 1. The van der Waals surface area contributed by atoms with Gasteiger partial charge in [0.25, 0.3) is 0 Å². The van der Waals surface area contributed by atoms with Crippen LogP contribution in [-0.2, 0) is 13.0 Å². The molecule has 1 heterocycles. The molecule has 0 aliphatic heterocycles. The number of hydrogen-bond donors (Lipinski definition) is 1. The topological polar surface area (TPSA) is 63.8 Å². The summed E-state index contributed by atoms with van der Waals surface area (Å²) < 4.78 is 0. The summed E-state index contributed by atoms with van der Waals surface area (Å²) in [6.07, 6.45) is 0.453. The highest BCUT2D eigenvalue weighted by Gasteiger charge is 2.01. The van der Waals surface area contributed by atoms with Gasteiger partial charge in [0.15, 0.2) is 5.82 Å². The second-order valence-corrected chi connectivity index (χ2v) is 3.20. The van der Waals surface area contributed by atoms with E-state index in [1.807, 2.05) is 30.3 Å². The van der Waals surface area contributed by atoms with Crippen LogP contribution in [0.4, 0.5) is 0 Å². The molecule has 0 saturated heterocycles. The molecule has 15 heavy (non-hydrogen) atoms. The van der Waals surface area contributed by atoms with E-state index in [0.717, 1.165) is 5.56 Å². The summed E-state index contributed by atoms with van der Waals surface area (Å²) in [6, 6.07) is 9.93. The molecule has 78 valence electrons. The Morgan fingerprint density at radius 1 is 1.20 bits per heavy atom. The van der Waals surface area contributed by atoms with Gasteiger partial charge in [0, 0.05) is 6.42 Å². The van der Waals surface area contributed by atoms with Crippen LogP contribution in [0.3, 0.4) is 0 Å². The highest BCUT2D eigenvalue weighted by molar-refractivity contribution is 5.14. The fraction of sp³-hybridized carbons (Fsp3) is 0.300. The van der Waals surface area contributed by atoms with E-state index in [1.165, 1.54) is 4.80 Å². The molecule has 1 N–H and O–H groups in total. The van der Waals surface area contributed by atoms with Crippen molar-refractivity contribution >= 4 is 0 Å². The first-order valence-corrected chi connectivity index (χ1v) is 4.80. The third kappa shape index (κ3) is 2.60. The number of aromatic nitrogens is 4. The van der Waals surface area contributed by atoms with Crippen LogP contribution < -0.4 is 0 Å². The largest absolute Gasteiger partial charge is 0.396 e. The maximum absolute atomic E-state index is 8.70. The lowest BCUT2D eigenvalue weighted by Gasteiger charge is -1.97.